The first-order valence-corrected chi connectivity index (χ1v) is 15.1. The highest BCUT2D eigenvalue weighted by molar-refractivity contribution is 6.02. The fraction of sp³-hybridized carbons (Fsp3) is 0.645. The zero-order valence-electron chi connectivity index (χ0n) is 24.6. The number of benzene rings is 1. The maximum Gasteiger partial charge on any atom is 0.246 e. The summed E-state index contributed by atoms with van der Waals surface area (Å²) in [6.45, 7) is 8.35. The summed E-state index contributed by atoms with van der Waals surface area (Å²) in [5.74, 6) is -0.600. The first kappa shape index (κ1) is 30.8. The molecule has 6 rings (SSSR count). The molecule has 1 aromatic carbocycles. The third kappa shape index (κ3) is 5.42. The molecule has 1 aliphatic carbocycles. The van der Waals surface area contributed by atoms with Gasteiger partial charge in [-0.15, -0.1) is 12.4 Å². The summed E-state index contributed by atoms with van der Waals surface area (Å²) in [6, 6.07) is 6.31. The third-order valence-corrected chi connectivity index (χ3v) is 10.1. The van der Waals surface area contributed by atoms with Gasteiger partial charge >= 0.3 is 0 Å². The Morgan fingerprint density at radius 3 is 2.52 bits per heavy atom. The van der Waals surface area contributed by atoms with Crippen LogP contribution in [0.1, 0.15) is 33.1 Å². The number of carbonyl (C=O) groups is 3. The molecule has 8 atom stereocenters. The molecule has 4 aliphatic heterocycles. The van der Waals surface area contributed by atoms with Gasteiger partial charge in [-0.05, 0) is 42.5 Å². The van der Waals surface area contributed by atoms with E-state index in [1.165, 1.54) is 0 Å². The molecule has 8 unspecified atom stereocenters. The fourth-order valence-corrected chi connectivity index (χ4v) is 7.53. The molecule has 3 saturated heterocycles. The Hall–Kier alpha value is -2.66. The van der Waals surface area contributed by atoms with Crippen LogP contribution in [-0.2, 0) is 23.9 Å². The third-order valence-electron chi connectivity index (χ3n) is 10.1. The summed E-state index contributed by atoms with van der Waals surface area (Å²) in [6.07, 6.45) is 6.33. The summed E-state index contributed by atoms with van der Waals surface area (Å²) >= 11 is 0. The van der Waals surface area contributed by atoms with E-state index in [1.54, 1.807) is 36.3 Å². The van der Waals surface area contributed by atoms with Gasteiger partial charge in [-0.1, -0.05) is 38.8 Å². The maximum atomic E-state index is 14.2. The number of hydrogen-bond acceptors (Lipinski definition) is 7. The van der Waals surface area contributed by atoms with Gasteiger partial charge in [0.05, 0.1) is 38.3 Å². The molecular weight excluding hydrogens is 560 g/mol. The normalized spacial score (nSPS) is 35.5. The number of anilines is 1. The molecule has 3 amide bonds. The number of rotatable bonds is 8. The number of carbonyl (C=O) groups excluding carboxylic acids is 3. The van der Waals surface area contributed by atoms with E-state index in [0.717, 1.165) is 32.4 Å². The van der Waals surface area contributed by atoms with Crippen molar-refractivity contribution < 1.29 is 28.6 Å². The van der Waals surface area contributed by atoms with E-state index < -0.39 is 29.6 Å². The van der Waals surface area contributed by atoms with Gasteiger partial charge in [0, 0.05) is 37.9 Å². The number of likely N-dealkylation sites (tertiary alicyclic amines) is 1. The Labute approximate surface area is 253 Å². The highest BCUT2D eigenvalue weighted by Gasteiger charge is 2.72. The lowest BCUT2D eigenvalue weighted by Crippen LogP contribution is -2.58. The maximum absolute atomic E-state index is 14.2. The SMILES string of the molecule is COc1ccc(NC(=O)C2C3C=CC4(O3)C2C(=O)N(CCN2CCOCC2)C4C(=O)NC2CCCC(C)C2C)cc1.Cl. The number of amides is 3. The first-order valence-electron chi connectivity index (χ1n) is 15.1. The van der Waals surface area contributed by atoms with Gasteiger partial charge in [0.15, 0.2) is 0 Å². The second kappa shape index (κ2) is 12.5. The smallest absolute Gasteiger partial charge is 0.246 e. The van der Waals surface area contributed by atoms with E-state index in [0.29, 0.717) is 49.6 Å². The number of ether oxygens (including phenoxy) is 3. The topological polar surface area (TPSA) is 109 Å². The van der Waals surface area contributed by atoms with Crippen LogP contribution in [0, 0.1) is 23.7 Å². The van der Waals surface area contributed by atoms with E-state index >= 15 is 0 Å². The van der Waals surface area contributed by atoms with Crippen LogP contribution in [0.15, 0.2) is 36.4 Å². The van der Waals surface area contributed by atoms with Crippen LogP contribution in [0.2, 0.25) is 0 Å². The molecule has 2 bridgehead atoms. The highest BCUT2D eigenvalue weighted by Crippen LogP contribution is 2.55. The van der Waals surface area contributed by atoms with Crippen molar-refractivity contribution in [2.45, 2.75) is 56.9 Å². The van der Waals surface area contributed by atoms with Crippen LogP contribution >= 0.6 is 12.4 Å². The van der Waals surface area contributed by atoms with Crippen LogP contribution < -0.4 is 15.4 Å². The fourth-order valence-electron chi connectivity index (χ4n) is 7.53. The van der Waals surface area contributed by atoms with E-state index in [-0.39, 0.29) is 36.2 Å². The van der Waals surface area contributed by atoms with Crippen molar-refractivity contribution in [2.24, 2.45) is 23.7 Å². The Morgan fingerprint density at radius 2 is 1.81 bits per heavy atom. The Balaban J connectivity index is 0.00000353. The summed E-state index contributed by atoms with van der Waals surface area (Å²) in [5.41, 5.74) is -0.552. The average Bonchev–Trinajstić information content (AvgIpc) is 3.62. The van der Waals surface area contributed by atoms with E-state index in [9.17, 15) is 14.4 Å². The van der Waals surface area contributed by atoms with Crippen molar-refractivity contribution in [3.8, 4) is 5.75 Å². The summed E-state index contributed by atoms with van der Waals surface area (Å²) in [5, 5.41) is 6.29. The van der Waals surface area contributed by atoms with Crippen LogP contribution in [-0.4, -0.2) is 97.8 Å². The van der Waals surface area contributed by atoms with Crippen LogP contribution in [0.25, 0.3) is 0 Å². The predicted molar refractivity (Wildman–Crippen MR) is 159 cm³/mol. The van der Waals surface area contributed by atoms with Gasteiger partial charge in [0.2, 0.25) is 17.7 Å². The standard InChI is InChI=1S/C31H42N4O6.ClH/c1-19-5-4-6-23(20(19)2)33-29(37)27-31-12-11-24(41-31)25(28(36)32-21-7-9-22(39-3)10-8-21)26(31)30(38)35(27)14-13-34-15-17-40-18-16-34;/h7-12,19-20,23-27H,4-6,13-18H2,1-3H3,(H,32,36)(H,33,37);1H. The minimum absolute atomic E-state index is 0. The van der Waals surface area contributed by atoms with Crippen molar-refractivity contribution in [3.63, 3.8) is 0 Å². The van der Waals surface area contributed by atoms with Crippen molar-refractivity contribution in [1.29, 1.82) is 0 Å². The van der Waals surface area contributed by atoms with Gasteiger partial charge in [0.1, 0.15) is 17.4 Å². The van der Waals surface area contributed by atoms with Gasteiger partial charge < -0.3 is 29.7 Å². The molecule has 0 radical (unpaired) electrons. The predicted octanol–water partition coefficient (Wildman–Crippen LogP) is 2.48. The molecule has 42 heavy (non-hydrogen) atoms. The minimum Gasteiger partial charge on any atom is -0.497 e. The highest BCUT2D eigenvalue weighted by atomic mass is 35.5. The number of fused-ring (bicyclic) bond motifs is 1. The molecule has 230 valence electrons. The average molecular weight is 603 g/mol. The molecule has 5 aliphatic rings. The summed E-state index contributed by atoms with van der Waals surface area (Å²) < 4.78 is 17.2. The summed E-state index contributed by atoms with van der Waals surface area (Å²) in [4.78, 5) is 46.0. The number of methoxy groups -OCH3 is 1. The van der Waals surface area contributed by atoms with Gasteiger partial charge in [-0.3, -0.25) is 19.3 Å². The largest absolute Gasteiger partial charge is 0.497 e. The van der Waals surface area contributed by atoms with Crippen molar-refractivity contribution >= 4 is 35.8 Å². The second-order valence-corrected chi connectivity index (χ2v) is 12.3. The molecule has 4 fully saturated rings. The first-order chi connectivity index (χ1) is 19.8. The quantitative estimate of drug-likeness (QED) is 0.440. The van der Waals surface area contributed by atoms with Crippen molar-refractivity contribution in [3.05, 3.63) is 36.4 Å². The van der Waals surface area contributed by atoms with E-state index in [2.05, 4.69) is 29.4 Å². The molecule has 1 aromatic rings. The Morgan fingerprint density at radius 1 is 1.07 bits per heavy atom. The molecule has 11 heteroatoms. The van der Waals surface area contributed by atoms with Crippen LogP contribution in [0.4, 0.5) is 5.69 Å². The molecule has 4 heterocycles. The molecule has 1 spiro atoms. The zero-order valence-corrected chi connectivity index (χ0v) is 25.4. The van der Waals surface area contributed by atoms with E-state index in [1.807, 2.05) is 12.2 Å². The van der Waals surface area contributed by atoms with E-state index in [4.69, 9.17) is 14.2 Å². The summed E-state index contributed by atoms with van der Waals surface area (Å²) in [7, 11) is 1.59. The number of nitrogens with one attached hydrogen (secondary N) is 2. The number of hydrogen-bond donors (Lipinski definition) is 2. The number of nitrogens with zero attached hydrogens (tertiary/aromatic N) is 2. The monoisotopic (exact) mass is 602 g/mol. The lowest BCUT2D eigenvalue weighted by molar-refractivity contribution is -0.142. The van der Waals surface area contributed by atoms with Gasteiger partial charge in [0.25, 0.3) is 0 Å². The van der Waals surface area contributed by atoms with Crippen LogP contribution in [0.3, 0.4) is 0 Å². The Bertz CT molecular complexity index is 1190. The number of halogens is 1. The lowest BCUT2D eigenvalue weighted by atomic mass is 9.73. The minimum atomic E-state index is -1.16. The number of morpholine rings is 1. The van der Waals surface area contributed by atoms with Crippen molar-refractivity contribution in [1.82, 2.24) is 15.1 Å². The van der Waals surface area contributed by atoms with Crippen LogP contribution in [0.5, 0.6) is 5.75 Å². The molecule has 0 aromatic heterocycles. The van der Waals surface area contributed by atoms with Crippen molar-refractivity contribution in [2.75, 3.05) is 51.8 Å². The molecule has 2 N–H and O–H groups in total. The molecule has 1 saturated carbocycles. The van der Waals surface area contributed by atoms with Gasteiger partial charge in [-0.2, -0.15) is 0 Å². The second-order valence-electron chi connectivity index (χ2n) is 12.3. The zero-order chi connectivity index (χ0) is 28.7. The Kier molecular flexibility index (Phi) is 9.18. The molecular formula is C31H43ClN4O6. The van der Waals surface area contributed by atoms with Gasteiger partial charge in [-0.25, -0.2) is 0 Å². The molecule has 10 nitrogen and oxygen atoms in total. The lowest BCUT2D eigenvalue weighted by Gasteiger charge is -2.38.